The first-order valence-electron chi connectivity index (χ1n) is 6.30. The zero-order valence-corrected chi connectivity index (χ0v) is 12.7. The Hall–Kier alpha value is -2.18. The van der Waals surface area contributed by atoms with Crippen molar-refractivity contribution < 1.29 is 17.9 Å². The largest absolute Gasteiger partial charge is 0.434 e. The number of rotatable bonds is 3. The summed E-state index contributed by atoms with van der Waals surface area (Å²) >= 11 is 11.7. The average Bonchev–Trinajstić information content (AvgIpc) is 2.46. The third-order valence-corrected chi connectivity index (χ3v) is 3.55. The summed E-state index contributed by atoms with van der Waals surface area (Å²) in [4.78, 5) is 16.2. The van der Waals surface area contributed by atoms with Gasteiger partial charge in [0, 0.05) is 5.02 Å². The number of hydrogen-bond donors (Lipinski definition) is 0. The van der Waals surface area contributed by atoms with Gasteiger partial charge in [0.2, 0.25) is 5.89 Å². The second-order valence-corrected chi connectivity index (χ2v) is 5.30. The molecular formula is C15H7Cl2F2NO3. The summed E-state index contributed by atoms with van der Waals surface area (Å²) in [6.07, 6.45) is 0. The normalized spacial score (nSPS) is 11.2. The smallest absolute Gasteiger partial charge is 0.387 e. The maximum atomic E-state index is 12.5. The number of halogens is 4. The summed E-state index contributed by atoms with van der Waals surface area (Å²) in [6.45, 7) is -3.06. The van der Waals surface area contributed by atoms with Crippen LogP contribution in [0.4, 0.5) is 8.78 Å². The van der Waals surface area contributed by atoms with Crippen molar-refractivity contribution in [3.63, 3.8) is 0 Å². The van der Waals surface area contributed by atoms with Gasteiger partial charge >= 0.3 is 12.2 Å². The number of ether oxygens (including phenoxy) is 1. The Morgan fingerprint density at radius 3 is 2.70 bits per heavy atom. The molecule has 1 heterocycles. The monoisotopic (exact) mass is 357 g/mol. The van der Waals surface area contributed by atoms with Gasteiger partial charge in [0.1, 0.15) is 11.1 Å². The summed E-state index contributed by atoms with van der Waals surface area (Å²) in [5, 5.41) is 0.495. The predicted molar refractivity (Wildman–Crippen MR) is 82.4 cm³/mol. The highest BCUT2D eigenvalue weighted by atomic mass is 35.5. The topological polar surface area (TPSA) is 52.3 Å². The molecular weight excluding hydrogens is 351 g/mol. The standard InChI is InChI=1S/C15H7Cl2F2NO3/c16-7-4-5-8(11(6-7)22-15(18)19)13-20-10-3-1-2-9(17)12(10)14(21)23-13/h1-6,15H. The van der Waals surface area contributed by atoms with E-state index in [1.165, 1.54) is 24.3 Å². The lowest BCUT2D eigenvalue weighted by atomic mass is 10.2. The van der Waals surface area contributed by atoms with Crippen LogP contribution in [0.25, 0.3) is 22.4 Å². The maximum absolute atomic E-state index is 12.5. The molecule has 3 rings (SSSR count). The Morgan fingerprint density at radius 2 is 1.96 bits per heavy atom. The molecule has 2 aromatic carbocycles. The fourth-order valence-electron chi connectivity index (χ4n) is 2.06. The van der Waals surface area contributed by atoms with Gasteiger partial charge < -0.3 is 9.15 Å². The van der Waals surface area contributed by atoms with Crippen molar-refractivity contribution in [2.75, 3.05) is 0 Å². The molecule has 1 aromatic heterocycles. The van der Waals surface area contributed by atoms with Crippen LogP contribution in [0.1, 0.15) is 0 Å². The van der Waals surface area contributed by atoms with E-state index in [4.69, 9.17) is 27.6 Å². The number of nitrogens with zero attached hydrogens (tertiary/aromatic N) is 1. The molecule has 3 aromatic rings. The van der Waals surface area contributed by atoms with Gasteiger partial charge in [0.25, 0.3) is 0 Å². The molecule has 0 aliphatic heterocycles. The molecule has 0 bridgehead atoms. The molecule has 0 amide bonds. The van der Waals surface area contributed by atoms with Crippen molar-refractivity contribution in [1.29, 1.82) is 0 Å². The zero-order valence-electron chi connectivity index (χ0n) is 11.2. The van der Waals surface area contributed by atoms with Crippen LogP contribution in [-0.2, 0) is 0 Å². The molecule has 0 unspecified atom stereocenters. The highest BCUT2D eigenvalue weighted by Gasteiger charge is 2.17. The molecule has 0 atom stereocenters. The van der Waals surface area contributed by atoms with Crippen molar-refractivity contribution >= 4 is 34.1 Å². The Bertz CT molecular complexity index is 944. The van der Waals surface area contributed by atoms with Crippen LogP contribution in [0.3, 0.4) is 0 Å². The minimum absolute atomic E-state index is 0.0775. The molecule has 0 aliphatic rings. The van der Waals surface area contributed by atoms with Crippen LogP contribution >= 0.6 is 23.2 Å². The van der Waals surface area contributed by atoms with E-state index in [1.54, 1.807) is 12.1 Å². The molecule has 0 saturated carbocycles. The molecule has 4 nitrogen and oxygen atoms in total. The van der Waals surface area contributed by atoms with E-state index in [0.717, 1.165) is 0 Å². The third-order valence-electron chi connectivity index (χ3n) is 3.00. The van der Waals surface area contributed by atoms with Crippen molar-refractivity contribution in [2.45, 2.75) is 6.61 Å². The van der Waals surface area contributed by atoms with E-state index in [9.17, 15) is 13.6 Å². The molecule has 8 heteroatoms. The lowest BCUT2D eigenvalue weighted by Gasteiger charge is -2.10. The first kappa shape index (κ1) is 15.7. The second-order valence-electron chi connectivity index (χ2n) is 4.46. The van der Waals surface area contributed by atoms with Crippen molar-refractivity contribution in [3.8, 4) is 17.2 Å². The van der Waals surface area contributed by atoms with E-state index in [-0.39, 0.29) is 38.2 Å². The van der Waals surface area contributed by atoms with Crippen LogP contribution < -0.4 is 10.4 Å². The summed E-state index contributed by atoms with van der Waals surface area (Å²) in [7, 11) is 0. The van der Waals surface area contributed by atoms with Crippen LogP contribution in [0.2, 0.25) is 10.0 Å². The molecule has 0 radical (unpaired) electrons. The quantitative estimate of drug-likeness (QED) is 0.677. The molecule has 0 saturated heterocycles. The number of aromatic nitrogens is 1. The molecule has 0 N–H and O–H groups in total. The van der Waals surface area contributed by atoms with Gasteiger partial charge in [-0.1, -0.05) is 29.3 Å². The minimum atomic E-state index is -3.06. The van der Waals surface area contributed by atoms with Crippen LogP contribution in [0, 0.1) is 0 Å². The van der Waals surface area contributed by atoms with Crippen LogP contribution in [0.5, 0.6) is 5.75 Å². The summed E-state index contributed by atoms with van der Waals surface area (Å²) in [5.74, 6) is -0.415. The molecule has 0 aliphatic carbocycles. The van der Waals surface area contributed by atoms with E-state index < -0.39 is 12.2 Å². The lowest BCUT2D eigenvalue weighted by molar-refractivity contribution is -0.0495. The van der Waals surface area contributed by atoms with Gasteiger partial charge in [0.05, 0.1) is 16.1 Å². The van der Waals surface area contributed by atoms with E-state index in [1.807, 2.05) is 0 Å². The van der Waals surface area contributed by atoms with Crippen LogP contribution in [0.15, 0.2) is 45.6 Å². The fraction of sp³-hybridized carbons (Fsp3) is 0.0667. The second kappa shape index (κ2) is 6.14. The van der Waals surface area contributed by atoms with Crippen molar-refractivity contribution in [3.05, 3.63) is 56.9 Å². The predicted octanol–water partition coefficient (Wildman–Crippen LogP) is 4.76. The number of fused-ring (bicyclic) bond motifs is 1. The Morgan fingerprint density at radius 1 is 1.17 bits per heavy atom. The third kappa shape index (κ3) is 3.13. The molecule has 118 valence electrons. The Labute approximate surface area is 138 Å². The first-order valence-corrected chi connectivity index (χ1v) is 7.05. The lowest BCUT2D eigenvalue weighted by Crippen LogP contribution is -2.06. The van der Waals surface area contributed by atoms with Gasteiger partial charge in [-0.2, -0.15) is 8.78 Å². The molecule has 23 heavy (non-hydrogen) atoms. The average molecular weight is 358 g/mol. The fourth-order valence-corrected chi connectivity index (χ4v) is 2.47. The van der Waals surface area contributed by atoms with Gasteiger partial charge in [-0.25, -0.2) is 9.78 Å². The van der Waals surface area contributed by atoms with E-state index >= 15 is 0 Å². The highest BCUT2D eigenvalue weighted by molar-refractivity contribution is 6.35. The summed E-state index contributed by atoms with van der Waals surface area (Å²) in [6, 6.07) is 8.70. The Kier molecular flexibility index (Phi) is 4.19. The van der Waals surface area contributed by atoms with Gasteiger partial charge in [-0.05, 0) is 30.3 Å². The van der Waals surface area contributed by atoms with Gasteiger partial charge in [0.15, 0.2) is 0 Å². The summed E-state index contributed by atoms with van der Waals surface area (Å²) < 4.78 is 34.6. The van der Waals surface area contributed by atoms with Gasteiger partial charge in [-0.15, -0.1) is 0 Å². The first-order chi connectivity index (χ1) is 11.0. The molecule has 0 fully saturated rings. The SMILES string of the molecule is O=c1oc(-c2ccc(Cl)cc2OC(F)F)nc2cccc(Cl)c12. The number of benzene rings is 2. The van der Waals surface area contributed by atoms with Crippen LogP contribution in [-0.4, -0.2) is 11.6 Å². The van der Waals surface area contributed by atoms with Crippen molar-refractivity contribution in [2.24, 2.45) is 0 Å². The number of alkyl halides is 2. The van der Waals surface area contributed by atoms with Crippen molar-refractivity contribution in [1.82, 2.24) is 4.98 Å². The Balaban J connectivity index is 2.23. The highest BCUT2D eigenvalue weighted by Crippen LogP contribution is 2.33. The van der Waals surface area contributed by atoms with E-state index in [2.05, 4.69) is 9.72 Å². The zero-order chi connectivity index (χ0) is 16.6. The summed E-state index contributed by atoms with van der Waals surface area (Å²) in [5.41, 5.74) is -0.371. The van der Waals surface area contributed by atoms with Gasteiger partial charge in [-0.3, -0.25) is 0 Å². The molecule has 0 spiro atoms. The minimum Gasteiger partial charge on any atom is -0.434 e. The van der Waals surface area contributed by atoms with E-state index in [0.29, 0.717) is 0 Å². The number of hydrogen-bond acceptors (Lipinski definition) is 4. The maximum Gasteiger partial charge on any atom is 0.387 e.